The highest BCUT2D eigenvalue weighted by Crippen LogP contribution is 2.36. The molecule has 0 atom stereocenters. The van der Waals surface area contributed by atoms with Gasteiger partial charge in [-0.3, -0.25) is 4.79 Å². The van der Waals surface area contributed by atoms with Crippen LogP contribution in [0.25, 0.3) is 0 Å². The molecule has 15 heavy (non-hydrogen) atoms. The van der Waals surface area contributed by atoms with E-state index in [9.17, 15) is 9.90 Å². The van der Waals surface area contributed by atoms with E-state index in [1.54, 1.807) is 6.08 Å². The van der Waals surface area contributed by atoms with Gasteiger partial charge in [0.15, 0.2) is 0 Å². The molecule has 0 saturated carbocycles. The minimum Gasteiger partial charge on any atom is -0.512 e. The van der Waals surface area contributed by atoms with Crippen LogP contribution in [0.4, 0.5) is 0 Å². The maximum absolute atomic E-state index is 10.3. The van der Waals surface area contributed by atoms with Gasteiger partial charge in [0.25, 0.3) is 0 Å². The Morgan fingerprint density at radius 1 is 1.53 bits per heavy atom. The first-order valence-corrected chi connectivity index (χ1v) is 5.96. The molecule has 1 aliphatic carbocycles. The van der Waals surface area contributed by atoms with E-state index in [-0.39, 0.29) is 11.2 Å². The number of allylic oxidation sites excluding steroid dienone is 3. The molecular weight excluding hydrogens is 212 g/mol. The summed E-state index contributed by atoms with van der Waals surface area (Å²) in [5.41, 5.74) is 0.970. The lowest BCUT2D eigenvalue weighted by molar-refractivity contribution is -0.133. The lowest BCUT2D eigenvalue weighted by atomic mass is 9.81. The summed E-state index contributed by atoms with van der Waals surface area (Å²) in [5, 5.41) is 18.1. The minimum atomic E-state index is -0.783. The third kappa shape index (κ3) is 3.63. The lowest BCUT2D eigenvalue weighted by Gasteiger charge is -2.28. The number of rotatable bonds is 4. The van der Waals surface area contributed by atoms with Crippen molar-refractivity contribution in [2.45, 2.75) is 20.3 Å². The van der Waals surface area contributed by atoms with E-state index in [0.717, 1.165) is 12.2 Å². The van der Waals surface area contributed by atoms with Gasteiger partial charge in [0.05, 0.1) is 11.5 Å². The molecule has 0 aliphatic heterocycles. The molecule has 1 aliphatic rings. The summed E-state index contributed by atoms with van der Waals surface area (Å²) in [5.74, 6) is 0.469. The fraction of sp³-hybridized carbons (Fsp3) is 0.545. The quantitative estimate of drug-likeness (QED) is 0.776. The lowest BCUT2D eigenvalue weighted by Crippen LogP contribution is -2.19. The van der Waals surface area contributed by atoms with Crippen molar-refractivity contribution in [2.75, 3.05) is 11.5 Å². The first kappa shape index (κ1) is 12.2. The number of carboxylic acid groups (broad SMARTS) is 1. The van der Waals surface area contributed by atoms with Crippen molar-refractivity contribution in [3.05, 3.63) is 23.5 Å². The van der Waals surface area contributed by atoms with E-state index in [1.807, 2.05) is 19.9 Å². The normalized spacial score (nSPS) is 19.3. The number of carbonyl (C=O) groups is 1. The molecule has 3 nitrogen and oxygen atoms in total. The summed E-state index contributed by atoms with van der Waals surface area (Å²) < 4.78 is 0. The van der Waals surface area contributed by atoms with Crippen LogP contribution in [0.15, 0.2) is 23.5 Å². The number of hydrogen-bond acceptors (Lipinski definition) is 3. The zero-order valence-electron chi connectivity index (χ0n) is 8.99. The zero-order valence-corrected chi connectivity index (χ0v) is 9.80. The Morgan fingerprint density at radius 3 is 2.73 bits per heavy atom. The molecule has 84 valence electrons. The van der Waals surface area contributed by atoms with Gasteiger partial charge in [0, 0.05) is 11.2 Å². The van der Waals surface area contributed by atoms with E-state index in [4.69, 9.17) is 5.11 Å². The molecule has 0 aromatic carbocycles. The predicted molar refractivity (Wildman–Crippen MR) is 62.2 cm³/mol. The Balaban J connectivity index is 2.48. The summed E-state index contributed by atoms with van der Waals surface area (Å²) in [4.78, 5) is 10.3. The Hall–Kier alpha value is -0.900. The second-order valence-electron chi connectivity index (χ2n) is 4.32. The van der Waals surface area contributed by atoms with Gasteiger partial charge >= 0.3 is 5.97 Å². The Kier molecular flexibility index (Phi) is 3.85. The van der Waals surface area contributed by atoms with Crippen molar-refractivity contribution in [2.24, 2.45) is 5.41 Å². The summed E-state index contributed by atoms with van der Waals surface area (Å²) in [6, 6.07) is 0. The monoisotopic (exact) mass is 228 g/mol. The number of hydrogen-bond donors (Lipinski definition) is 2. The molecule has 0 aromatic heterocycles. The molecule has 0 saturated heterocycles. The number of aliphatic carboxylic acids is 1. The van der Waals surface area contributed by atoms with Crippen LogP contribution in [0, 0.1) is 5.41 Å². The van der Waals surface area contributed by atoms with Crippen molar-refractivity contribution >= 4 is 17.7 Å². The van der Waals surface area contributed by atoms with E-state index in [1.165, 1.54) is 17.3 Å². The van der Waals surface area contributed by atoms with Crippen LogP contribution >= 0.6 is 11.8 Å². The molecular formula is C11H16O3S. The van der Waals surface area contributed by atoms with Crippen LogP contribution in [0.3, 0.4) is 0 Å². The molecule has 0 heterocycles. The molecule has 0 radical (unpaired) electrons. The van der Waals surface area contributed by atoms with Crippen molar-refractivity contribution in [1.29, 1.82) is 0 Å². The van der Waals surface area contributed by atoms with Crippen LogP contribution in [-0.4, -0.2) is 27.7 Å². The molecule has 1 rings (SSSR count). The molecule has 0 amide bonds. The summed E-state index contributed by atoms with van der Waals surface area (Å²) in [6.07, 6.45) is 4.39. The molecule has 0 spiro atoms. The van der Waals surface area contributed by atoms with E-state index >= 15 is 0 Å². The maximum Gasteiger partial charge on any atom is 0.313 e. The molecule has 0 unspecified atom stereocenters. The second-order valence-corrected chi connectivity index (χ2v) is 5.31. The number of thioether (sulfide) groups is 1. The van der Waals surface area contributed by atoms with Crippen LogP contribution < -0.4 is 0 Å². The van der Waals surface area contributed by atoms with Gasteiger partial charge in [-0.05, 0) is 12.5 Å². The van der Waals surface area contributed by atoms with Gasteiger partial charge in [-0.25, -0.2) is 0 Å². The highest BCUT2D eigenvalue weighted by molar-refractivity contribution is 8.00. The smallest absolute Gasteiger partial charge is 0.313 e. The van der Waals surface area contributed by atoms with Gasteiger partial charge in [-0.15, -0.1) is 11.8 Å². The molecule has 0 fully saturated rings. The minimum absolute atomic E-state index is 0.132. The molecule has 4 heteroatoms. The van der Waals surface area contributed by atoms with Crippen molar-refractivity contribution < 1.29 is 15.0 Å². The van der Waals surface area contributed by atoms with E-state index in [0.29, 0.717) is 5.76 Å². The van der Waals surface area contributed by atoms with Gasteiger partial charge in [0.2, 0.25) is 0 Å². The largest absolute Gasteiger partial charge is 0.512 e. The van der Waals surface area contributed by atoms with Crippen LogP contribution in [0.2, 0.25) is 0 Å². The van der Waals surface area contributed by atoms with E-state index < -0.39 is 5.97 Å². The number of aliphatic hydroxyl groups excluding tert-OH is 1. The third-order valence-corrected chi connectivity index (χ3v) is 3.38. The second kappa shape index (κ2) is 4.75. The summed E-state index contributed by atoms with van der Waals surface area (Å²) >= 11 is 1.39. The van der Waals surface area contributed by atoms with Crippen molar-refractivity contribution in [3.63, 3.8) is 0 Å². The molecule has 0 aromatic rings. The fourth-order valence-corrected chi connectivity index (χ4v) is 2.25. The Labute approximate surface area is 93.9 Å². The highest BCUT2D eigenvalue weighted by atomic mass is 32.2. The molecule has 2 N–H and O–H groups in total. The van der Waals surface area contributed by atoms with Gasteiger partial charge in [-0.1, -0.05) is 25.5 Å². The fourth-order valence-electron chi connectivity index (χ4n) is 1.51. The van der Waals surface area contributed by atoms with Gasteiger partial charge in [0.1, 0.15) is 0 Å². The zero-order chi connectivity index (χ0) is 11.5. The van der Waals surface area contributed by atoms with Gasteiger partial charge in [-0.2, -0.15) is 0 Å². The van der Waals surface area contributed by atoms with E-state index in [2.05, 4.69) is 0 Å². The number of carboxylic acids is 1. The Morgan fingerprint density at radius 2 is 2.20 bits per heavy atom. The van der Waals surface area contributed by atoms with Crippen LogP contribution in [0.5, 0.6) is 0 Å². The summed E-state index contributed by atoms with van der Waals surface area (Å²) in [6.45, 7) is 3.96. The topological polar surface area (TPSA) is 57.5 Å². The van der Waals surface area contributed by atoms with Crippen LogP contribution in [-0.2, 0) is 4.79 Å². The standard InChI is InChI=1S/C11H16O3S/c1-11(2)5-8(3-4-9(11)12)6-15-7-10(13)14/h3-4,12H,5-7H2,1-2H3,(H,13,14). The van der Waals surface area contributed by atoms with Crippen molar-refractivity contribution in [3.8, 4) is 0 Å². The maximum atomic E-state index is 10.3. The first-order chi connectivity index (χ1) is 6.92. The average molecular weight is 228 g/mol. The summed E-state index contributed by atoms with van der Waals surface area (Å²) in [7, 11) is 0. The average Bonchev–Trinajstić information content (AvgIpc) is 2.10. The van der Waals surface area contributed by atoms with Crippen LogP contribution in [0.1, 0.15) is 20.3 Å². The Bertz CT molecular complexity index is 316. The number of aliphatic hydroxyl groups is 1. The first-order valence-electron chi connectivity index (χ1n) is 4.80. The molecule has 0 bridgehead atoms. The third-order valence-electron chi connectivity index (χ3n) is 2.35. The van der Waals surface area contributed by atoms with Gasteiger partial charge < -0.3 is 10.2 Å². The predicted octanol–water partition coefficient (Wildman–Crippen LogP) is 2.60. The van der Waals surface area contributed by atoms with Crippen molar-refractivity contribution in [1.82, 2.24) is 0 Å². The SMILES string of the molecule is CC1(C)CC(CSCC(=O)O)=CC=C1O. The highest BCUT2D eigenvalue weighted by Gasteiger charge is 2.26.